The fourth-order valence-electron chi connectivity index (χ4n) is 3.85. The smallest absolute Gasteiger partial charge is 0.193 e. The highest BCUT2D eigenvalue weighted by molar-refractivity contribution is 7.99. The van der Waals surface area contributed by atoms with Crippen LogP contribution in [0, 0.1) is 5.92 Å². The molecule has 0 spiro atoms. The van der Waals surface area contributed by atoms with E-state index in [2.05, 4.69) is 69.3 Å². The zero-order valence-electron chi connectivity index (χ0n) is 17.1. The van der Waals surface area contributed by atoms with E-state index in [0.29, 0.717) is 6.04 Å². The van der Waals surface area contributed by atoms with Gasteiger partial charge in [0.2, 0.25) is 0 Å². The van der Waals surface area contributed by atoms with Crippen LogP contribution in [0.5, 0.6) is 0 Å². The van der Waals surface area contributed by atoms with E-state index in [1.807, 2.05) is 18.8 Å². The van der Waals surface area contributed by atoms with Gasteiger partial charge in [0, 0.05) is 69.6 Å². The van der Waals surface area contributed by atoms with Gasteiger partial charge in [-0.25, -0.2) is 0 Å². The van der Waals surface area contributed by atoms with Gasteiger partial charge in [-0.15, -0.1) is 11.8 Å². The van der Waals surface area contributed by atoms with Crippen LogP contribution in [0.3, 0.4) is 0 Å². The van der Waals surface area contributed by atoms with E-state index in [-0.39, 0.29) is 0 Å². The lowest BCUT2D eigenvalue weighted by Gasteiger charge is -2.37. The Morgan fingerprint density at radius 3 is 2.63 bits per heavy atom. The first-order chi connectivity index (χ1) is 13.2. The Morgan fingerprint density at radius 1 is 1.19 bits per heavy atom. The first-order valence-corrected chi connectivity index (χ1v) is 11.2. The number of hydrogen-bond donors (Lipinski definition) is 1. The van der Waals surface area contributed by atoms with Crippen molar-refractivity contribution in [1.29, 1.82) is 0 Å². The SMILES string of the molecule is CN=C(NCC(C)N1CCN(C)CC1)N1CCC(CSc2ccccc2)C1. The van der Waals surface area contributed by atoms with Crippen molar-refractivity contribution in [3.8, 4) is 0 Å². The summed E-state index contributed by atoms with van der Waals surface area (Å²) in [4.78, 5) is 13.4. The Labute approximate surface area is 169 Å². The van der Waals surface area contributed by atoms with Gasteiger partial charge in [0.1, 0.15) is 0 Å². The highest BCUT2D eigenvalue weighted by Gasteiger charge is 2.26. The summed E-state index contributed by atoms with van der Waals surface area (Å²) in [5.41, 5.74) is 0. The molecule has 0 aromatic heterocycles. The van der Waals surface area contributed by atoms with E-state index < -0.39 is 0 Å². The molecule has 2 fully saturated rings. The number of likely N-dealkylation sites (tertiary alicyclic amines) is 1. The van der Waals surface area contributed by atoms with Crippen molar-refractivity contribution in [2.45, 2.75) is 24.3 Å². The molecule has 1 aromatic carbocycles. The summed E-state index contributed by atoms with van der Waals surface area (Å²) in [7, 11) is 4.12. The van der Waals surface area contributed by atoms with Crippen LogP contribution in [0.25, 0.3) is 0 Å². The quantitative estimate of drug-likeness (QED) is 0.459. The van der Waals surface area contributed by atoms with Crippen molar-refractivity contribution >= 4 is 17.7 Å². The molecule has 2 aliphatic rings. The summed E-state index contributed by atoms with van der Waals surface area (Å²) in [6, 6.07) is 11.3. The van der Waals surface area contributed by atoms with Crippen LogP contribution in [0.15, 0.2) is 40.2 Å². The lowest BCUT2D eigenvalue weighted by molar-refractivity contribution is 0.119. The minimum absolute atomic E-state index is 0.544. The molecular formula is C21H35N5S. The maximum atomic E-state index is 4.55. The zero-order valence-corrected chi connectivity index (χ0v) is 17.9. The third-order valence-electron chi connectivity index (χ3n) is 5.74. The van der Waals surface area contributed by atoms with E-state index in [0.717, 1.165) is 31.5 Å². The van der Waals surface area contributed by atoms with Crippen molar-refractivity contribution in [1.82, 2.24) is 20.0 Å². The van der Waals surface area contributed by atoms with Crippen LogP contribution in [0.1, 0.15) is 13.3 Å². The monoisotopic (exact) mass is 389 g/mol. The second kappa shape index (κ2) is 10.3. The number of likely N-dealkylation sites (N-methyl/N-ethyl adjacent to an activating group) is 1. The molecule has 3 rings (SSSR count). The molecule has 1 aromatic rings. The van der Waals surface area contributed by atoms with E-state index in [9.17, 15) is 0 Å². The predicted octanol–water partition coefficient (Wildman–Crippen LogP) is 2.31. The molecular weight excluding hydrogens is 354 g/mol. The maximum absolute atomic E-state index is 4.55. The van der Waals surface area contributed by atoms with Crippen molar-refractivity contribution < 1.29 is 0 Å². The van der Waals surface area contributed by atoms with Crippen LogP contribution < -0.4 is 5.32 Å². The first-order valence-electron chi connectivity index (χ1n) is 10.2. The van der Waals surface area contributed by atoms with Gasteiger partial charge < -0.3 is 15.1 Å². The lowest BCUT2D eigenvalue weighted by atomic mass is 10.2. The summed E-state index contributed by atoms with van der Waals surface area (Å²) in [6.45, 7) is 10.2. The molecule has 0 saturated carbocycles. The molecule has 2 atom stereocenters. The Bertz CT molecular complexity index is 585. The van der Waals surface area contributed by atoms with E-state index in [1.54, 1.807) is 0 Å². The maximum Gasteiger partial charge on any atom is 0.193 e. The van der Waals surface area contributed by atoms with Gasteiger partial charge in [-0.2, -0.15) is 0 Å². The van der Waals surface area contributed by atoms with Gasteiger partial charge in [0.15, 0.2) is 5.96 Å². The molecule has 0 amide bonds. The topological polar surface area (TPSA) is 34.1 Å². The summed E-state index contributed by atoms with van der Waals surface area (Å²) >= 11 is 1.98. The Balaban J connectivity index is 1.40. The molecule has 0 aliphatic carbocycles. The van der Waals surface area contributed by atoms with Crippen molar-refractivity contribution in [3.05, 3.63) is 30.3 Å². The van der Waals surface area contributed by atoms with Gasteiger partial charge in [0.05, 0.1) is 0 Å². The second-order valence-corrected chi connectivity index (χ2v) is 8.93. The Kier molecular flexibility index (Phi) is 7.85. The number of guanidine groups is 1. The standard InChI is InChI=1S/C21H35N5S/c1-18(25-13-11-24(3)12-14-25)15-23-21(22-2)26-10-9-19(16-26)17-27-20-7-5-4-6-8-20/h4-8,18-19H,9-17H2,1-3H3,(H,22,23). The van der Waals surface area contributed by atoms with Crippen molar-refractivity contribution in [3.63, 3.8) is 0 Å². The number of piperazine rings is 1. The van der Waals surface area contributed by atoms with E-state index in [1.165, 1.54) is 43.2 Å². The van der Waals surface area contributed by atoms with Gasteiger partial charge in [0.25, 0.3) is 0 Å². The number of thioether (sulfide) groups is 1. The number of aliphatic imine (C=N–C) groups is 1. The first kappa shape index (κ1) is 20.5. The van der Waals surface area contributed by atoms with Crippen LogP contribution in [0.2, 0.25) is 0 Å². The summed E-state index contributed by atoms with van der Waals surface area (Å²) in [6.07, 6.45) is 1.26. The van der Waals surface area contributed by atoms with Gasteiger partial charge in [-0.1, -0.05) is 18.2 Å². The van der Waals surface area contributed by atoms with Crippen LogP contribution in [-0.4, -0.2) is 92.4 Å². The Morgan fingerprint density at radius 2 is 1.93 bits per heavy atom. The number of benzene rings is 1. The molecule has 0 bridgehead atoms. The highest BCUT2D eigenvalue weighted by Crippen LogP contribution is 2.25. The van der Waals surface area contributed by atoms with Crippen LogP contribution in [0.4, 0.5) is 0 Å². The average Bonchev–Trinajstić information content (AvgIpc) is 3.17. The van der Waals surface area contributed by atoms with Gasteiger partial charge in [-0.3, -0.25) is 9.89 Å². The molecule has 2 unspecified atom stereocenters. The molecule has 150 valence electrons. The molecule has 2 aliphatic heterocycles. The predicted molar refractivity (Wildman–Crippen MR) is 117 cm³/mol. The largest absolute Gasteiger partial charge is 0.355 e. The Hall–Kier alpha value is -1.24. The number of hydrogen-bond acceptors (Lipinski definition) is 4. The molecule has 0 radical (unpaired) electrons. The van der Waals surface area contributed by atoms with Crippen LogP contribution in [-0.2, 0) is 0 Å². The van der Waals surface area contributed by atoms with Gasteiger partial charge in [-0.05, 0) is 38.4 Å². The molecule has 27 heavy (non-hydrogen) atoms. The van der Waals surface area contributed by atoms with Crippen molar-refractivity contribution in [2.75, 3.05) is 65.7 Å². The molecule has 5 nitrogen and oxygen atoms in total. The third kappa shape index (κ3) is 6.13. The summed E-state index contributed by atoms with van der Waals surface area (Å²) < 4.78 is 0. The highest BCUT2D eigenvalue weighted by atomic mass is 32.2. The summed E-state index contributed by atoms with van der Waals surface area (Å²) in [5, 5.41) is 3.63. The van der Waals surface area contributed by atoms with E-state index >= 15 is 0 Å². The lowest BCUT2D eigenvalue weighted by Crippen LogP contribution is -2.52. The number of rotatable bonds is 6. The van der Waals surface area contributed by atoms with Crippen molar-refractivity contribution in [2.24, 2.45) is 10.9 Å². The molecule has 1 N–H and O–H groups in total. The summed E-state index contributed by atoms with van der Waals surface area (Å²) in [5.74, 6) is 3.00. The van der Waals surface area contributed by atoms with Gasteiger partial charge >= 0.3 is 0 Å². The normalized spacial score (nSPS) is 23.6. The minimum atomic E-state index is 0.544. The minimum Gasteiger partial charge on any atom is -0.355 e. The fraction of sp³-hybridized carbons (Fsp3) is 0.667. The van der Waals surface area contributed by atoms with E-state index in [4.69, 9.17) is 0 Å². The molecule has 2 saturated heterocycles. The third-order valence-corrected chi connectivity index (χ3v) is 6.99. The fourth-order valence-corrected chi connectivity index (χ4v) is 4.90. The number of nitrogens with zero attached hydrogens (tertiary/aromatic N) is 4. The molecule has 2 heterocycles. The molecule has 6 heteroatoms. The zero-order chi connectivity index (χ0) is 19.1. The number of nitrogens with one attached hydrogen (secondary N) is 1. The average molecular weight is 390 g/mol. The second-order valence-electron chi connectivity index (χ2n) is 7.84. The van der Waals surface area contributed by atoms with Crippen LogP contribution >= 0.6 is 11.8 Å².